The Bertz CT molecular complexity index is 620. The summed E-state index contributed by atoms with van der Waals surface area (Å²) in [5.74, 6) is 2.03. The van der Waals surface area contributed by atoms with Gasteiger partial charge in [0.2, 0.25) is 0 Å². The highest BCUT2D eigenvalue weighted by Gasteiger charge is 2.10. The maximum absolute atomic E-state index is 11.8. The van der Waals surface area contributed by atoms with Crippen molar-refractivity contribution in [1.82, 2.24) is 5.32 Å². The van der Waals surface area contributed by atoms with Crippen LogP contribution in [0.4, 0.5) is 0 Å². The quantitative estimate of drug-likeness (QED) is 0.807. The van der Waals surface area contributed by atoms with Crippen molar-refractivity contribution in [1.29, 1.82) is 0 Å². The molecule has 0 aliphatic rings. The lowest BCUT2D eigenvalue weighted by molar-refractivity contribution is 0.0923. The molecule has 1 N–H and O–H groups in total. The van der Waals surface area contributed by atoms with Crippen LogP contribution in [0.2, 0.25) is 0 Å². The number of nitrogens with one attached hydrogen (secondary N) is 1. The highest BCUT2D eigenvalue weighted by Crippen LogP contribution is 2.28. The first-order chi connectivity index (χ1) is 11.1. The predicted octanol–water partition coefficient (Wildman–Crippen LogP) is 3.64. The van der Waals surface area contributed by atoms with E-state index in [1.165, 1.54) is 6.26 Å². The van der Waals surface area contributed by atoms with E-state index >= 15 is 0 Å². The molecule has 1 aromatic heterocycles. The molecule has 1 aromatic carbocycles. The zero-order valence-corrected chi connectivity index (χ0v) is 13.8. The predicted molar refractivity (Wildman–Crippen MR) is 87.8 cm³/mol. The highest BCUT2D eigenvalue weighted by atomic mass is 16.5. The number of carbonyl (C=O) groups excluding carboxylic acids is 1. The molecule has 0 fully saturated rings. The van der Waals surface area contributed by atoms with Crippen LogP contribution in [0.25, 0.3) is 0 Å². The molecule has 2 aromatic rings. The third-order valence-electron chi connectivity index (χ3n) is 3.38. The van der Waals surface area contributed by atoms with Gasteiger partial charge in [-0.15, -0.1) is 0 Å². The number of hydrogen-bond donors (Lipinski definition) is 1. The molecule has 5 heteroatoms. The van der Waals surface area contributed by atoms with E-state index in [1.54, 1.807) is 19.2 Å². The lowest BCUT2D eigenvalue weighted by Gasteiger charge is -2.13. The largest absolute Gasteiger partial charge is 0.493 e. The molecule has 0 saturated carbocycles. The van der Waals surface area contributed by atoms with E-state index in [1.807, 2.05) is 18.2 Å². The molecular formula is C18H23NO4. The zero-order chi connectivity index (χ0) is 16.7. The van der Waals surface area contributed by atoms with Crippen LogP contribution >= 0.6 is 0 Å². The van der Waals surface area contributed by atoms with Crippen LogP contribution in [0.15, 0.2) is 41.0 Å². The number of amides is 1. The second-order valence-electron chi connectivity index (χ2n) is 5.68. The van der Waals surface area contributed by atoms with Gasteiger partial charge in [-0.25, -0.2) is 0 Å². The van der Waals surface area contributed by atoms with Gasteiger partial charge in [0.15, 0.2) is 17.3 Å². The Morgan fingerprint density at radius 1 is 1.26 bits per heavy atom. The topological polar surface area (TPSA) is 60.7 Å². The summed E-state index contributed by atoms with van der Waals surface area (Å²) < 4.78 is 16.2. The van der Waals surface area contributed by atoms with Crippen molar-refractivity contribution in [3.63, 3.8) is 0 Å². The van der Waals surface area contributed by atoms with Gasteiger partial charge in [0, 0.05) is 6.54 Å². The number of rotatable bonds is 8. The molecule has 0 bridgehead atoms. The van der Waals surface area contributed by atoms with Crippen LogP contribution in [0.1, 0.15) is 36.4 Å². The molecule has 2 rings (SSSR count). The highest BCUT2D eigenvalue weighted by molar-refractivity contribution is 5.91. The molecule has 1 heterocycles. The van der Waals surface area contributed by atoms with E-state index in [0.717, 1.165) is 12.0 Å². The van der Waals surface area contributed by atoms with Crippen LogP contribution in [0.3, 0.4) is 0 Å². The van der Waals surface area contributed by atoms with Gasteiger partial charge in [-0.3, -0.25) is 4.79 Å². The molecule has 0 saturated heterocycles. The van der Waals surface area contributed by atoms with Crippen molar-refractivity contribution in [2.24, 2.45) is 5.92 Å². The van der Waals surface area contributed by atoms with Gasteiger partial charge in [0.25, 0.3) is 5.91 Å². The molecule has 23 heavy (non-hydrogen) atoms. The maximum Gasteiger partial charge on any atom is 0.287 e. The summed E-state index contributed by atoms with van der Waals surface area (Å²) in [5.41, 5.74) is 0.929. The lowest BCUT2D eigenvalue weighted by atomic mass is 10.1. The third kappa shape index (κ3) is 5.06. The minimum Gasteiger partial charge on any atom is -0.493 e. The molecule has 0 unspecified atom stereocenters. The lowest BCUT2D eigenvalue weighted by Crippen LogP contribution is -2.22. The standard InChI is InChI=1S/C18H23NO4/c1-13(2)8-10-23-15-7-6-14(11-17(15)21-3)12-19-18(20)16-5-4-9-22-16/h4-7,9,11,13H,8,10,12H2,1-3H3,(H,19,20). The maximum atomic E-state index is 11.8. The molecule has 0 atom stereocenters. The number of hydrogen-bond acceptors (Lipinski definition) is 4. The first-order valence-corrected chi connectivity index (χ1v) is 7.71. The van der Waals surface area contributed by atoms with Crippen molar-refractivity contribution < 1.29 is 18.7 Å². The second kappa shape index (κ2) is 8.27. The van der Waals surface area contributed by atoms with Gasteiger partial charge in [-0.05, 0) is 42.2 Å². The Balaban J connectivity index is 1.94. The van der Waals surface area contributed by atoms with Crippen LogP contribution in [0, 0.1) is 5.92 Å². The van der Waals surface area contributed by atoms with Gasteiger partial charge < -0.3 is 19.2 Å². The molecule has 5 nitrogen and oxygen atoms in total. The molecule has 0 aliphatic carbocycles. The molecule has 0 radical (unpaired) electrons. The Morgan fingerprint density at radius 2 is 2.09 bits per heavy atom. The summed E-state index contributed by atoms with van der Waals surface area (Å²) in [6.07, 6.45) is 2.46. The minimum atomic E-state index is -0.244. The van der Waals surface area contributed by atoms with Crippen LogP contribution in [-0.2, 0) is 6.54 Å². The number of methoxy groups -OCH3 is 1. The first-order valence-electron chi connectivity index (χ1n) is 7.71. The fraction of sp³-hybridized carbons (Fsp3) is 0.389. The second-order valence-corrected chi connectivity index (χ2v) is 5.68. The molecule has 0 aliphatic heterocycles. The fourth-order valence-electron chi connectivity index (χ4n) is 2.02. The number of ether oxygens (including phenoxy) is 2. The van der Waals surface area contributed by atoms with Crippen molar-refractivity contribution in [3.05, 3.63) is 47.9 Å². The molecule has 0 spiro atoms. The van der Waals surface area contributed by atoms with E-state index in [9.17, 15) is 4.79 Å². The Hall–Kier alpha value is -2.43. The number of carbonyl (C=O) groups is 1. The number of furan rings is 1. The SMILES string of the molecule is COc1cc(CNC(=O)c2ccco2)ccc1OCCC(C)C. The van der Waals surface area contributed by atoms with Crippen molar-refractivity contribution in [2.75, 3.05) is 13.7 Å². The van der Waals surface area contributed by atoms with Gasteiger partial charge >= 0.3 is 0 Å². The zero-order valence-electron chi connectivity index (χ0n) is 13.8. The van der Waals surface area contributed by atoms with Crippen molar-refractivity contribution in [3.8, 4) is 11.5 Å². The minimum absolute atomic E-state index is 0.244. The van der Waals surface area contributed by atoms with E-state index in [-0.39, 0.29) is 5.91 Å². The Kier molecular flexibility index (Phi) is 6.09. The van der Waals surface area contributed by atoms with Crippen LogP contribution < -0.4 is 14.8 Å². The van der Waals surface area contributed by atoms with Gasteiger partial charge in [0.05, 0.1) is 20.0 Å². The van der Waals surface area contributed by atoms with Crippen molar-refractivity contribution >= 4 is 5.91 Å². The van der Waals surface area contributed by atoms with Gasteiger partial charge in [-0.2, -0.15) is 0 Å². The summed E-state index contributed by atoms with van der Waals surface area (Å²) in [6.45, 7) is 5.36. The first kappa shape index (κ1) is 16.9. The fourth-order valence-corrected chi connectivity index (χ4v) is 2.02. The Labute approximate surface area is 136 Å². The van der Waals surface area contributed by atoms with E-state index in [4.69, 9.17) is 13.9 Å². The monoisotopic (exact) mass is 317 g/mol. The summed E-state index contributed by atoms with van der Waals surface area (Å²) in [5, 5.41) is 2.80. The average Bonchev–Trinajstić information content (AvgIpc) is 3.07. The summed E-state index contributed by atoms with van der Waals surface area (Å²) >= 11 is 0. The average molecular weight is 317 g/mol. The van der Waals surface area contributed by atoms with E-state index < -0.39 is 0 Å². The summed E-state index contributed by atoms with van der Waals surface area (Å²) in [6, 6.07) is 8.96. The Morgan fingerprint density at radius 3 is 2.74 bits per heavy atom. The van der Waals surface area contributed by atoms with Gasteiger partial charge in [0.1, 0.15) is 0 Å². The van der Waals surface area contributed by atoms with Crippen LogP contribution in [-0.4, -0.2) is 19.6 Å². The van der Waals surface area contributed by atoms with E-state index in [0.29, 0.717) is 36.3 Å². The van der Waals surface area contributed by atoms with Gasteiger partial charge in [-0.1, -0.05) is 19.9 Å². The normalized spacial score (nSPS) is 10.6. The molecule has 1 amide bonds. The molecule has 124 valence electrons. The van der Waals surface area contributed by atoms with Crippen molar-refractivity contribution in [2.45, 2.75) is 26.8 Å². The van der Waals surface area contributed by atoms with Crippen LogP contribution in [0.5, 0.6) is 11.5 Å². The summed E-state index contributed by atoms with van der Waals surface area (Å²) in [4.78, 5) is 11.8. The smallest absolute Gasteiger partial charge is 0.287 e. The number of benzene rings is 1. The molecular weight excluding hydrogens is 294 g/mol. The third-order valence-corrected chi connectivity index (χ3v) is 3.38. The van der Waals surface area contributed by atoms with E-state index in [2.05, 4.69) is 19.2 Å². The summed E-state index contributed by atoms with van der Waals surface area (Å²) in [7, 11) is 1.61.